The van der Waals surface area contributed by atoms with Gasteiger partial charge < -0.3 is 139 Å². The summed E-state index contributed by atoms with van der Waals surface area (Å²) < 4.78 is 53.0. The molecule has 6 aromatic rings. The van der Waals surface area contributed by atoms with E-state index in [-0.39, 0.29) is 22.6 Å². The third kappa shape index (κ3) is 10.7. The van der Waals surface area contributed by atoms with E-state index in [0.29, 0.717) is 0 Å². The second-order valence-electron chi connectivity index (χ2n) is 20.6. The van der Waals surface area contributed by atoms with Crippen LogP contribution in [0.15, 0.2) is 79.1 Å². The van der Waals surface area contributed by atoms with Crippen LogP contribution >= 0.6 is 0 Å². The van der Waals surface area contributed by atoms with E-state index in [9.17, 15) is 107 Å². The van der Waals surface area contributed by atoms with Crippen LogP contribution in [-0.2, 0) is 33.2 Å². The number of fused-ring (bicyclic) bond motifs is 2. The summed E-state index contributed by atoms with van der Waals surface area (Å²) in [5, 5.41) is 207. The Balaban J connectivity index is 0.944. The number of aliphatic hydroxyl groups is 11. The van der Waals surface area contributed by atoms with E-state index in [1.807, 2.05) is 0 Å². The summed E-state index contributed by atoms with van der Waals surface area (Å²) >= 11 is 0. The highest BCUT2D eigenvalue weighted by molar-refractivity contribution is 5.89. The molecule has 0 aliphatic carbocycles. The molecular formula is C54H58O30. The van der Waals surface area contributed by atoms with Crippen LogP contribution in [0, 0.1) is 0 Å². The van der Waals surface area contributed by atoms with E-state index in [4.69, 9.17) is 42.0 Å². The normalized spacial score (nSPS) is 33.8. The molecule has 19 N–H and O–H groups in total. The smallest absolute Gasteiger partial charge is 0.197 e. The van der Waals surface area contributed by atoms with Crippen molar-refractivity contribution in [2.24, 2.45) is 0 Å². The Bertz CT molecular complexity index is 3530. The van der Waals surface area contributed by atoms with Gasteiger partial charge in [0.25, 0.3) is 0 Å². The average Bonchev–Trinajstić information content (AvgIpc) is 0.979. The van der Waals surface area contributed by atoms with Gasteiger partial charge in [0.2, 0.25) is 0 Å². The van der Waals surface area contributed by atoms with E-state index in [2.05, 4.69) is 0 Å². The Morgan fingerprint density at radius 3 is 1.35 bits per heavy atom. The second-order valence-corrected chi connectivity index (χ2v) is 20.6. The molecule has 10 rings (SSSR count). The van der Waals surface area contributed by atoms with Crippen LogP contribution in [0.5, 0.6) is 46.0 Å². The fourth-order valence-corrected chi connectivity index (χ4v) is 10.8. The van der Waals surface area contributed by atoms with E-state index >= 15 is 0 Å². The lowest BCUT2D eigenvalue weighted by Gasteiger charge is -2.48. The first-order chi connectivity index (χ1) is 39.8. The SMILES string of the molecule is C[C@@H]1O[C@@H](O[C@@H]2[C@@H](O)[C@H](OC[C@@H]3O[C@@H](O[C@@H]4[C@@H](O)[C@H](O)[C@@H](CO)O[C@H]4c4c(O)cc5oc(-c6ccc(O)c(O)c6)cc(=O)c5c4O)[C@H](O)[C@H](O)[C@H]3O)[C@@H](CO)O[C@H]2c2c(O)cc3oc(-c4ccc(O)c(O)c4)cc(=O)c3c2O)[C@H](O)[C@H](O)[C@H]1O. The molecule has 0 amide bonds. The van der Waals surface area contributed by atoms with Crippen LogP contribution < -0.4 is 10.9 Å². The third-order valence-corrected chi connectivity index (χ3v) is 15.3. The molecule has 4 aliphatic rings. The van der Waals surface area contributed by atoms with Gasteiger partial charge in [-0.1, -0.05) is 0 Å². The van der Waals surface area contributed by atoms with Crippen molar-refractivity contribution < 1.29 is 139 Å². The Morgan fingerprint density at radius 2 is 0.869 bits per heavy atom. The van der Waals surface area contributed by atoms with Crippen LogP contribution in [0.25, 0.3) is 44.6 Å². The molecule has 0 radical (unpaired) electrons. The maximum Gasteiger partial charge on any atom is 0.197 e. The van der Waals surface area contributed by atoms with Crippen molar-refractivity contribution in [1.29, 1.82) is 0 Å². The predicted molar refractivity (Wildman–Crippen MR) is 275 cm³/mol. The average molecular weight is 1190 g/mol. The maximum absolute atomic E-state index is 13.7. The number of phenolic OH excluding ortho intramolecular Hbond substituents is 8. The zero-order valence-electron chi connectivity index (χ0n) is 43.4. The molecule has 30 heteroatoms. The molecular weight excluding hydrogens is 1130 g/mol. The van der Waals surface area contributed by atoms with Crippen molar-refractivity contribution in [3.05, 3.63) is 92.2 Å². The Morgan fingerprint density at radius 1 is 0.429 bits per heavy atom. The summed E-state index contributed by atoms with van der Waals surface area (Å²) in [6.07, 6.45) is -39.5. The van der Waals surface area contributed by atoms with Crippen LogP contribution in [0.4, 0.5) is 0 Å². The first-order valence-electron chi connectivity index (χ1n) is 25.8. The van der Waals surface area contributed by atoms with Crippen LogP contribution in [0.2, 0.25) is 0 Å². The highest BCUT2D eigenvalue weighted by atomic mass is 16.7. The quantitative estimate of drug-likeness (QED) is 0.0524. The molecule has 84 heavy (non-hydrogen) atoms. The van der Waals surface area contributed by atoms with E-state index in [1.165, 1.54) is 19.1 Å². The number of ether oxygens (including phenoxy) is 7. The van der Waals surface area contributed by atoms with Crippen molar-refractivity contribution in [3.8, 4) is 68.6 Å². The summed E-state index contributed by atoms with van der Waals surface area (Å²) in [6.45, 7) is -1.75. The summed E-state index contributed by atoms with van der Waals surface area (Å²) in [4.78, 5) is 27.4. The Labute approximate surface area is 470 Å². The van der Waals surface area contributed by atoms with Gasteiger partial charge in [0.05, 0.1) is 37.1 Å². The van der Waals surface area contributed by atoms with E-state index in [0.717, 1.165) is 48.5 Å². The van der Waals surface area contributed by atoms with Crippen LogP contribution in [0.3, 0.4) is 0 Å². The maximum atomic E-state index is 13.7. The van der Waals surface area contributed by atoms with Gasteiger partial charge in [-0.25, -0.2) is 0 Å². The number of rotatable bonds is 13. The Kier molecular flexibility index (Phi) is 16.8. The van der Waals surface area contributed by atoms with Gasteiger partial charge in [0.1, 0.15) is 160 Å². The number of hydrogen-bond acceptors (Lipinski definition) is 30. The third-order valence-electron chi connectivity index (χ3n) is 15.3. The van der Waals surface area contributed by atoms with Crippen LogP contribution in [-0.4, -0.2) is 227 Å². The molecule has 4 fully saturated rings. The molecule has 20 atom stereocenters. The summed E-state index contributed by atoms with van der Waals surface area (Å²) in [6, 6.07) is 10.4. The number of benzene rings is 4. The lowest BCUT2D eigenvalue weighted by molar-refractivity contribution is -0.353. The summed E-state index contributed by atoms with van der Waals surface area (Å²) in [5.74, 6) is -6.38. The minimum Gasteiger partial charge on any atom is -0.507 e. The predicted octanol–water partition coefficient (Wildman–Crippen LogP) is -2.68. The summed E-state index contributed by atoms with van der Waals surface area (Å²) in [5.41, 5.74) is -4.00. The molecule has 0 spiro atoms. The lowest BCUT2D eigenvalue weighted by atomic mass is 9.88. The number of aliphatic hydroxyl groups excluding tert-OH is 11. The van der Waals surface area contributed by atoms with Crippen molar-refractivity contribution in [1.82, 2.24) is 0 Å². The van der Waals surface area contributed by atoms with Gasteiger partial charge >= 0.3 is 0 Å². The zero-order valence-corrected chi connectivity index (χ0v) is 43.4. The molecule has 454 valence electrons. The monoisotopic (exact) mass is 1190 g/mol. The van der Waals surface area contributed by atoms with Gasteiger partial charge in [0, 0.05) is 35.4 Å². The topological polar surface area (TPSA) is 509 Å². The van der Waals surface area contributed by atoms with Crippen LogP contribution in [0.1, 0.15) is 30.3 Å². The molecule has 6 heterocycles. The molecule has 30 nitrogen and oxygen atoms in total. The molecule has 0 bridgehead atoms. The first kappa shape index (κ1) is 60.1. The van der Waals surface area contributed by atoms with Crippen molar-refractivity contribution in [2.45, 2.75) is 129 Å². The minimum absolute atomic E-state index is 0.0809. The van der Waals surface area contributed by atoms with Crippen molar-refractivity contribution >= 4 is 21.9 Å². The lowest BCUT2D eigenvalue weighted by Crippen LogP contribution is -2.64. The number of phenols is 8. The van der Waals surface area contributed by atoms with E-state index in [1.54, 1.807) is 0 Å². The molecule has 0 unspecified atom stereocenters. The zero-order chi connectivity index (χ0) is 60.7. The number of aromatic hydroxyl groups is 8. The van der Waals surface area contributed by atoms with E-state index < -0.39 is 232 Å². The standard InChI is InChI=1S/C54H58O30/c1-15-37(65)42(70)45(73)53(77-15)84-52-47(75)48(31(13-56)81-50(52)36-25(64)11-29-34(41(36)69)23(62)9-27(79-29)17-3-5-19(58)21(60)7-17)76-14-32-39(67)43(71)46(74)54(82-32)83-51-44(72)38(66)30(12-55)80-49(51)35-24(63)10-28-33(40(35)68)22(61)8-26(78-28)16-2-4-18(57)20(59)6-16/h2-11,15,30-32,37-39,42-60,63-75H,12-14H2,1H3/t15-,30+,31+,32-,37-,38+,39-,42+,43+,44-,45+,46+,47-,48+,49-,50-,51+,52+,53-,54-/m0/s1. The fourth-order valence-electron chi connectivity index (χ4n) is 10.8. The fraction of sp³-hybridized carbons (Fsp3) is 0.444. The second kappa shape index (κ2) is 23.4. The van der Waals surface area contributed by atoms with Gasteiger partial charge in [0.15, 0.2) is 46.4 Å². The van der Waals surface area contributed by atoms with Crippen molar-refractivity contribution in [3.63, 3.8) is 0 Å². The van der Waals surface area contributed by atoms with Gasteiger partial charge in [-0.05, 0) is 43.3 Å². The largest absolute Gasteiger partial charge is 0.507 e. The van der Waals surface area contributed by atoms with Gasteiger partial charge in [-0.3, -0.25) is 9.59 Å². The van der Waals surface area contributed by atoms with Gasteiger partial charge in [-0.15, -0.1) is 0 Å². The Hall–Kier alpha value is -7.02. The first-order valence-corrected chi connectivity index (χ1v) is 25.8. The highest BCUT2D eigenvalue weighted by Gasteiger charge is 2.55. The summed E-state index contributed by atoms with van der Waals surface area (Å²) in [7, 11) is 0. The molecule has 4 aromatic carbocycles. The number of hydrogen-bond donors (Lipinski definition) is 19. The molecule has 0 saturated carbocycles. The molecule has 4 aliphatic heterocycles. The minimum atomic E-state index is -2.26. The molecule has 2 aromatic heterocycles. The highest BCUT2D eigenvalue weighted by Crippen LogP contribution is 2.49. The molecule has 4 saturated heterocycles. The van der Waals surface area contributed by atoms with Crippen molar-refractivity contribution in [2.75, 3.05) is 19.8 Å². The van der Waals surface area contributed by atoms with Gasteiger partial charge in [-0.2, -0.15) is 0 Å².